The van der Waals surface area contributed by atoms with Crippen molar-refractivity contribution in [1.29, 1.82) is 0 Å². The van der Waals surface area contributed by atoms with Crippen LogP contribution in [0.5, 0.6) is 0 Å². The molecule has 8 heteroatoms. The third kappa shape index (κ3) is 3.88. The number of amides is 2. The van der Waals surface area contributed by atoms with Crippen molar-refractivity contribution in [2.24, 2.45) is 5.41 Å². The van der Waals surface area contributed by atoms with Crippen molar-refractivity contribution >= 4 is 11.8 Å². The molecule has 8 nitrogen and oxygen atoms in total. The molecule has 2 amide bonds. The zero-order valence-electron chi connectivity index (χ0n) is 19.0. The van der Waals surface area contributed by atoms with Gasteiger partial charge in [-0.05, 0) is 44.9 Å². The number of hydrogen-bond acceptors (Lipinski definition) is 5. The molecule has 1 N–H and O–H groups in total. The Hall–Kier alpha value is -2.64. The van der Waals surface area contributed by atoms with Crippen LogP contribution in [-0.2, 0) is 30.6 Å². The van der Waals surface area contributed by atoms with Crippen molar-refractivity contribution < 1.29 is 14.1 Å². The number of carbonyl (C=O) groups excluding carboxylic acids is 2. The molecule has 31 heavy (non-hydrogen) atoms. The average Bonchev–Trinajstić information content (AvgIpc) is 3.50. The van der Waals surface area contributed by atoms with Gasteiger partial charge in [0.15, 0.2) is 0 Å². The standard InChI is InChI=1S/C23H33N5O3/c1-5-28-20(17-8-6-7-9-18(17)25-28)21(29)27-11-10-23(14-27,22(30)24-4)13-16-12-19(15(2)3)26-31-16/h12,15H,5-11,13-14H2,1-4H3,(H,24,30). The van der Waals surface area contributed by atoms with Crippen molar-refractivity contribution in [2.45, 2.75) is 71.8 Å². The van der Waals surface area contributed by atoms with Gasteiger partial charge in [0, 0.05) is 44.7 Å². The van der Waals surface area contributed by atoms with E-state index < -0.39 is 5.41 Å². The van der Waals surface area contributed by atoms with Crippen LogP contribution in [0.1, 0.15) is 79.2 Å². The second kappa shape index (κ2) is 8.48. The second-order valence-electron chi connectivity index (χ2n) is 9.18. The Balaban J connectivity index is 1.60. The molecule has 0 radical (unpaired) electrons. The van der Waals surface area contributed by atoms with Crippen LogP contribution >= 0.6 is 0 Å². The predicted molar refractivity (Wildman–Crippen MR) is 116 cm³/mol. The molecule has 2 aromatic heterocycles. The zero-order valence-corrected chi connectivity index (χ0v) is 19.0. The van der Waals surface area contributed by atoms with E-state index in [1.165, 1.54) is 0 Å². The lowest BCUT2D eigenvalue weighted by atomic mass is 9.81. The Kier molecular flexibility index (Phi) is 5.90. The van der Waals surface area contributed by atoms with Gasteiger partial charge in [0.25, 0.3) is 5.91 Å². The van der Waals surface area contributed by atoms with E-state index in [0.717, 1.165) is 42.6 Å². The van der Waals surface area contributed by atoms with Crippen LogP contribution in [0.15, 0.2) is 10.6 Å². The number of nitrogens with one attached hydrogen (secondary N) is 1. The number of aromatic nitrogens is 3. The number of fused-ring (bicyclic) bond motifs is 1. The van der Waals surface area contributed by atoms with Crippen LogP contribution in [0.4, 0.5) is 0 Å². The third-order valence-electron chi connectivity index (χ3n) is 6.76. The molecule has 0 bridgehead atoms. The first-order valence-corrected chi connectivity index (χ1v) is 11.4. The maximum Gasteiger partial charge on any atom is 0.272 e. The Morgan fingerprint density at radius 3 is 2.74 bits per heavy atom. The van der Waals surface area contributed by atoms with E-state index in [9.17, 15) is 9.59 Å². The first-order chi connectivity index (χ1) is 14.9. The maximum atomic E-state index is 13.6. The molecule has 4 rings (SSSR count). The number of aryl methyl sites for hydroxylation is 2. The van der Waals surface area contributed by atoms with Gasteiger partial charge in [-0.1, -0.05) is 19.0 Å². The van der Waals surface area contributed by atoms with E-state index in [1.807, 2.05) is 22.6 Å². The fourth-order valence-electron chi connectivity index (χ4n) is 4.96. The quantitative estimate of drug-likeness (QED) is 0.765. The fraction of sp³-hybridized carbons (Fsp3) is 0.652. The Bertz CT molecular complexity index is 976. The van der Waals surface area contributed by atoms with Crippen LogP contribution in [-0.4, -0.2) is 51.8 Å². The smallest absolute Gasteiger partial charge is 0.272 e. The molecule has 3 heterocycles. The topological polar surface area (TPSA) is 93.3 Å². The fourth-order valence-corrected chi connectivity index (χ4v) is 4.96. The molecule has 168 valence electrons. The lowest BCUT2D eigenvalue weighted by molar-refractivity contribution is -0.130. The van der Waals surface area contributed by atoms with Crippen molar-refractivity contribution in [3.63, 3.8) is 0 Å². The van der Waals surface area contributed by atoms with Crippen LogP contribution in [0.3, 0.4) is 0 Å². The summed E-state index contributed by atoms with van der Waals surface area (Å²) >= 11 is 0. The first kappa shape index (κ1) is 21.6. The minimum atomic E-state index is -0.713. The molecular weight excluding hydrogens is 394 g/mol. The predicted octanol–water partition coefficient (Wildman–Crippen LogP) is 2.71. The van der Waals surface area contributed by atoms with Crippen LogP contribution in [0.25, 0.3) is 0 Å². The molecule has 1 atom stereocenters. The maximum absolute atomic E-state index is 13.6. The zero-order chi connectivity index (χ0) is 22.2. The monoisotopic (exact) mass is 427 g/mol. The minimum Gasteiger partial charge on any atom is -0.361 e. The summed E-state index contributed by atoms with van der Waals surface area (Å²) in [7, 11) is 1.65. The highest BCUT2D eigenvalue weighted by atomic mass is 16.5. The van der Waals surface area contributed by atoms with E-state index in [1.54, 1.807) is 7.05 Å². The number of nitrogens with zero attached hydrogens (tertiary/aromatic N) is 4. The van der Waals surface area contributed by atoms with E-state index in [-0.39, 0.29) is 17.7 Å². The van der Waals surface area contributed by atoms with E-state index in [0.29, 0.717) is 43.9 Å². The molecule has 1 fully saturated rings. The number of rotatable bonds is 6. The summed E-state index contributed by atoms with van der Waals surface area (Å²) in [6, 6.07) is 1.93. The lowest BCUT2D eigenvalue weighted by Crippen LogP contribution is -2.44. The molecule has 0 saturated carbocycles. The van der Waals surface area contributed by atoms with E-state index in [4.69, 9.17) is 9.62 Å². The van der Waals surface area contributed by atoms with Gasteiger partial charge in [-0.3, -0.25) is 14.3 Å². The molecule has 1 unspecified atom stereocenters. The summed E-state index contributed by atoms with van der Waals surface area (Å²) in [4.78, 5) is 28.4. The Morgan fingerprint density at radius 1 is 1.29 bits per heavy atom. The van der Waals surface area contributed by atoms with Gasteiger partial charge in [0.1, 0.15) is 11.5 Å². The Labute approximate surface area is 183 Å². The summed E-state index contributed by atoms with van der Waals surface area (Å²) in [5.74, 6) is 0.883. The second-order valence-corrected chi connectivity index (χ2v) is 9.18. The summed E-state index contributed by atoms with van der Waals surface area (Å²) in [5, 5.41) is 11.7. The van der Waals surface area contributed by atoms with E-state index >= 15 is 0 Å². The van der Waals surface area contributed by atoms with Crippen molar-refractivity contribution in [1.82, 2.24) is 25.2 Å². The minimum absolute atomic E-state index is 0.0104. The number of likely N-dealkylation sites (tertiary alicyclic amines) is 1. The highest BCUT2D eigenvalue weighted by Crippen LogP contribution is 2.37. The molecule has 1 aliphatic carbocycles. The normalized spacial score (nSPS) is 20.9. The van der Waals surface area contributed by atoms with Gasteiger partial charge in [-0.15, -0.1) is 0 Å². The summed E-state index contributed by atoms with van der Waals surface area (Å²) in [6.07, 6.45) is 5.09. The van der Waals surface area contributed by atoms with Gasteiger partial charge in [0.05, 0.1) is 16.8 Å². The lowest BCUT2D eigenvalue weighted by Gasteiger charge is -2.26. The molecule has 2 aromatic rings. The highest BCUT2D eigenvalue weighted by molar-refractivity contribution is 5.95. The molecular formula is C23H33N5O3. The molecule has 1 aliphatic heterocycles. The third-order valence-corrected chi connectivity index (χ3v) is 6.76. The highest BCUT2D eigenvalue weighted by Gasteiger charge is 2.47. The van der Waals surface area contributed by atoms with Crippen LogP contribution < -0.4 is 5.32 Å². The molecule has 1 saturated heterocycles. The van der Waals surface area contributed by atoms with Crippen molar-refractivity contribution in [3.8, 4) is 0 Å². The summed E-state index contributed by atoms with van der Waals surface area (Å²) < 4.78 is 7.39. The molecule has 0 spiro atoms. The Morgan fingerprint density at radius 2 is 2.06 bits per heavy atom. The van der Waals surface area contributed by atoms with Crippen molar-refractivity contribution in [3.05, 3.63) is 34.5 Å². The van der Waals surface area contributed by atoms with Gasteiger partial charge < -0.3 is 14.7 Å². The summed E-state index contributed by atoms with van der Waals surface area (Å²) in [5.41, 5.74) is 3.05. The van der Waals surface area contributed by atoms with Gasteiger partial charge in [-0.2, -0.15) is 5.10 Å². The molecule has 0 aromatic carbocycles. The average molecular weight is 428 g/mol. The van der Waals surface area contributed by atoms with Gasteiger partial charge in [0.2, 0.25) is 5.91 Å². The number of hydrogen-bond donors (Lipinski definition) is 1. The number of carbonyl (C=O) groups is 2. The van der Waals surface area contributed by atoms with Gasteiger partial charge >= 0.3 is 0 Å². The SMILES string of the molecule is CCn1nc2c(c1C(=O)N1CCC(Cc3cc(C(C)C)no3)(C(=O)NC)C1)CCCC2. The summed E-state index contributed by atoms with van der Waals surface area (Å²) in [6.45, 7) is 7.71. The van der Waals surface area contributed by atoms with Crippen LogP contribution in [0.2, 0.25) is 0 Å². The van der Waals surface area contributed by atoms with E-state index in [2.05, 4.69) is 24.3 Å². The van der Waals surface area contributed by atoms with Gasteiger partial charge in [-0.25, -0.2) is 0 Å². The first-order valence-electron chi connectivity index (χ1n) is 11.4. The van der Waals surface area contributed by atoms with Crippen molar-refractivity contribution in [2.75, 3.05) is 20.1 Å². The largest absolute Gasteiger partial charge is 0.361 e. The molecule has 2 aliphatic rings. The van der Waals surface area contributed by atoms with Crippen LogP contribution in [0, 0.1) is 5.41 Å².